The Hall–Kier alpha value is -2.14. The second-order valence-electron chi connectivity index (χ2n) is 5.87. The first-order valence-corrected chi connectivity index (χ1v) is 8.16. The number of nitrogens with zero attached hydrogens (tertiary/aromatic N) is 2. The van der Waals surface area contributed by atoms with Gasteiger partial charge in [0.25, 0.3) is 0 Å². The van der Waals surface area contributed by atoms with Crippen LogP contribution in [0.5, 0.6) is 0 Å². The monoisotopic (exact) mass is 314 g/mol. The van der Waals surface area contributed by atoms with Gasteiger partial charge >= 0.3 is 5.97 Å². The smallest absolute Gasteiger partial charge is 0.310 e. The van der Waals surface area contributed by atoms with E-state index < -0.39 is 0 Å². The van der Waals surface area contributed by atoms with Crippen LogP contribution in [0, 0.1) is 5.92 Å². The lowest BCUT2D eigenvalue weighted by molar-refractivity contribution is -0.150. The van der Waals surface area contributed by atoms with Gasteiger partial charge in [-0.3, -0.25) is 9.69 Å². The first-order chi connectivity index (χ1) is 11.3. The summed E-state index contributed by atoms with van der Waals surface area (Å²) in [5.41, 5.74) is 2.08. The number of piperidine rings is 1. The molecule has 1 aromatic heterocycles. The maximum atomic E-state index is 12.0. The summed E-state index contributed by atoms with van der Waals surface area (Å²) in [6.45, 7) is 4.75. The lowest BCUT2D eigenvalue weighted by Crippen LogP contribution is -2.38. The fourth-order valence-corrected chi connectivity index (χ4v) is 3.09. The van der Waals surface area contributed by atoms with Crippen molar-refractivity contribution in [1.29, 1.82) is 0 Å². The zero-order chi connectivity index (χ0) is 16.1. The molecule has 1 aromatic carbocycles. The molecule has 1 fully saturated rings. The highest BCUT2D eigenvalue weighted by Gasteiger charge is 2.27. The van der Waals surface area contributed by atoms with Crippen LogP contribution in [0.15, 0.2) is 41.1 Å². The molecular weight excluding hydrogens is 292 g/mol. The maximum Gasteiger partial charge on any atom is 0.310 e. The number of hydrogen-bond acceptors (Lipinski definition) is 5. The number of benzene rings is 1. The molecular formula is C18H22N2O3. The van der Waals surface area contributed by atoms with Crippen LogP contribution >= 0.6 is 0 Å². The molecule has 1 atom stereocenters. The number of likely N-dealkylation sites (tertiary alicyclic amines) is 1. The molecule has 1 aliphatic heterocycles. The van der Waals surface area contributed by atoms with Crippen molar-refractivity contribution in [2.24, 2.45) is 5.92 Å². The van der Waals surface area contributed by atoms with E-state index in [2.05, 4.69) is 10.1 Å². The minimum Gasteiger partial charge on any atom is -0.466 e. The number of carbonyl (C=O) groups is 1. The average Bonchev–Trinajstić information content (AvgIpc) is 3.04. The van der Waals surface area contributed by atoms with Crippen molar-refractivity contribution in [3.63, 3.8) is 0 Å². The molecule has 0 radical (unpaired) electrons. The van der Waals surface area contributed by atoms with Gasteiger partial charge in [0.2, 0.25) is 0 Å². The molecule has 1 aliphatic rings. The van der Waals surface area contributed by atoms with E-state index in [9.17, 15) is 4.79 Å². The van der Waals surface area contributed by atoms with Crippen molar-refractivity contribution in [1.82, 2.24) is 10.1 Å². The third-order valence-corrected chi connectivity index (χ3v) is 4.20. The minimum absolute atomic E-state index is 0.0243. The number of aromatic nitrogens is 1. The largest absolute Gasteiger partial charge is 0.466 e. The molecule has 122 valence electrons. The standard InChI is InChI=1S/C18H22N2O3/c1-2-22-18(21)15-9-6-10-20(12-15)13-16-11-19-23-17(16)14-7-4-3-5-8-14/h3-5,7-8,11,15H,2,6,9-10,12-13H2,1H3/t15-/m0/s1. The lowest BCUT2D eigenvalue weighted by atomic mass is 9.97. The summed E-state index contributed by atoms with van der Waals surface area (Å²) < 4.78 is 10.6. The Bertz CT molecular complexity index is 639. The van der Waals surface area contributed by atoms with Crippen molar-refractivity contribution in [2.75, 3.05) is 19.7 Å². The summed E-state index contributed by atoms with van der Waals surface area (Å²) in [4.78, 5) is 14.2. The van der Waals surface area contributed by atoms with Gasteiger partial charge in [-0.2, -0.15) is 0 Å². The molecule has 0 aliphatic carbocycles. The molecule has 1 saturated heterocycles. The average molecular weight is 314 g/mol. The molecule has 0 bridgehead atoms. The highest BCUT2D eigenvalue weighted by molar-refractivity contribution is 5.72. The van der Waals surface area contributed by atoms with E-state index >= 15 is 0 Å². The quantitative estimate of drug-likeness (QED) is 0.794. The Morgan fingerprint density at radius 2 is 2.22 bits per heavy atom. The van der Waals surface area contributed by atoms with Crippen LogP contribution in [0.3, 0.4) is 0 Å². The number of ether oxygens (including phenoxy) is 1. The van der Waals surface area contributed by atoms with Crippen LogP contribution in [0.2, 0.25) is 0 Å². The second kappa shape index (κ2) is 7.42. The molecule has 2 aromatic rings. The number of rotatable bonds is 5. The van der Waals surface area contributed by atoms with Gasteiger partial charge in [-0.15, -0.1) is 0 Å². The first-order valence-electron chi connectivity index (χ1n) is 8.16. The summed E-state index contributed by atoms with van der Waals surface area (Å²) in [5.74, 6) is 0.707. The minimum atomic E-state index is -0.0780. The normalized spacial score (nSPS) is 18.7. The van der Waals surface area contributed by atoms with Crippen molar-refractivity contribution < 1.29 is 14.1 Å². The van der Waals surface area contributed by atoms with Crippen molar-refractivity contribution in [2.45, 2.75) is 26.3 Å². The van der Waals surface area contributed by atoms with Crippen LogP contribution in [0.1, 0.15) is 25.3 Å². The van der Waals surface area contributed by atoms with E-state index in [4.69, 9.17) is 9.26 Å². The van der Waals surface area contributed by atoms with Crippen molar-refractivity contribution >= 4 is 5.97 Å². The molecule has 0 spiro atoms. The molecule has 5 nitrogen and oxygen atoms in total. The maximum absolute atomic E-state index is 12.0. The van der Waals surface area contributed by atoms with E-state index in [1.54, 1.807) is 6.20 Å². The van der Waals surface area contributed by atoms with Crippen LogP contribution in [-0.2, 0) is 16.1 Å². The van der Waals surface area contributed by atoms with Gasteiger partial charge in [0, 0.05) is 24.2 Å². The van der Waals surface area contributed by atoms with Gasteiger partial charge in [0.05, 0.1) is 18.7 Å². The zero-order valence-corrected chi connectivity index (χ0v) is 13.4. The lowest BCUT2D eigenvalue weighted by Gasteiger charge is -2.31. The van der Waals surface area contributed by atoms with Gasteiger partial charge < -0.3 is 9.26 Å². The Labute approximate surface area is 136 Å². The molecule has 0 unspecified atom stereocenters. The number of esters is 1. The van der Waals surface area contributed by atoms with E-state index in [1.165, 1.54) is 0 Å². The molecule has 0 N–H and O–H groups in total. The molecule has 0 saturated carbocycles. The highest BCUT2D eigenvalue weighted by atomic mass is 16.5. The number of hydrogen-bond donors (Lipinski definition) is 0. The van der Waals surface area contributed by atoms with Gasteiger partial charge in [0.1, 0.15) is 0 Å². The molecule has 0 amide bonds. The Morgan fingerprint density at radius 3 is 3.00 bits per heavy atom. The summed E-state index contributed by atoms with van der Waals surface area (Å²) >= 11 is 0. The molecule has 2 heterocycles. The zero-order valence-electron chi connectivity index (χ0n) is 13.4. The van der Waals surface area contributed by atoms with Gasteiger partial charge in [-0.05, 0) is 26.3 Å². The third-order valence-electron chi connectivity index (χ3n) is 4.20. The van der Waals surface area contributed by atoms with Gasteiger partial charge in [-0.25, -0.2) is 0 Å². The van der Waals surface area contributed by atoms with Crippen LogP contribution < -0.4 is 0 Å². The Kier molecular flexibility index (Phi) is 5.08. The molecule has 5 heteroatoms. The number of carbonyl (C=O) groups excluding carboxylic acids is 1. The highest BCUT2D eigenvalue weighted by Crippen LogP contribution is 2.26. The first kappa shape index (κ1) is 15.7. The van der Waals surface area contributed by atoms with E-state index in [1.807, 2.05) is 37.3 Å². The SMILES string of the molecule is CCOC(=O)[C@H]1CCCN(Cc2cnoc2-c2ccccc2)C1. The predicted molar refractivity (Wildman–Crippen MR) is 86.6 cm³/mol. The topological polar surface area (TPSA) is 55.6 Å². The summed E-state index contributed by atoms with van der Waals surface area (Å²) in [5, 5.41) is 3.95. The summed E-state index contributed by atoms with van der Waals surface area (Å²) in [6, 6.07) is 9.98. The second-order valence-corrected chi connectivity index (χ2v) is 5.87. The summed E-state index contributed by atoms with van der Waals surface area (Å²) in [7, 11) is 0. The fourth-order valence-electron chi connectivity index (χ4n) is 3.09. The summed E-state index contributed by atoms with van der Waals surface area (Å²) in [6.07, 6.45) is 3.69. The van der Waals surface area contributed by atoms with Gasteiger partial charge in [-0.1, -0.05) is 35.5 Å². The van der Waals surface area contributed by atoms with Gasteiger partial charge in [0.15, 0.2) is 5.76 Å². The Morgan fingerprint density at radius 1 is 1.39 bits per heavy atom. The molecule has 3 rings (SSSR count). The Balaban J connectivity index is 1.68. The molecule has 23 heavy (non-hydrogen) atoms. The van der Waals surface area contributed by atoms with Crippen LogP contribution in [0.4, 0.5) is 0 Å². The van der Waals surface area contributed by atoms with Crippen molar-refractivity contribution in [3.05, 3.63) is 42.1 Å². The van der Waals surface area contributed by atoms with E-state index in [0.29, 0.717) is 6.61 Å². The predicted octanol–water partition coefficient (Wildman–Crippen LogP) is 3.12. The fraction of sp³-hybridized carbons (Fsp3) is 0.444. The third kappa shape index (κ3) is 3.79. The van der Waals surface area contributed by atoms with E-state index in [0.717, 1.165) is 49.4 Å². The van der Waals surface area contributed by atoms with Crippen molar-refractivity contribution in [3.8, 4) is 11.3 Å². The van der Waals surface area contributed by atoms with E-state index in [-0.39, 0.29) is 11.9 Å². The van der Waals surface area contributed by atoms with Crippen LogP contribution in [-0.4, -0.2) is 35.7 Å². The van der Waals surface area contributed by atoms with Crippen LogP contribution in [0.25, 0.3) is 11.3 Å².